The van der Waals surface area contributed by atoms with E-state index in [1.54, 1.807) is 37.3 Å². The summed E-state index contributed by atoms with van der Waals surface area (Å²) in [6.07, 6.45) is 0. The molecule has 1 aromatic heterocycles. The number of nitrogens with one attached hydrogen (secondary N) is 1. The molecular formula is C18H14FN5O2. The van der Waals surface area contributed by atoms with Gasteiger partial charge < -0.3 is 5.32 Å². The fourth-order valence-corrected chi connectivity index (χ4v) is 2.86. The molecule has 0 unspecified atom stereocenters. The number of tetrazole rings is 1. The van der Waals surface area contributed by atoms with Gasteiger partial charge in [-0.1, -0.05) is 12.1 Å². The van der Waals surface area contributed by atoms with Gasteiger partial charge >= 0.3 is 0 Å². The van der Waals surface area contributed by atoms with Crippen molar-refractivity contribution in [3.8, 4) is 11.4 Å². The second kappa shape index (κ2) is 6.14. The van der Waals surface area contributed by atoms with Crippen LogP contribution in [0, 0.1) is 5.82 Å². The van der Waals surface area contributed by atoms with E-state index in [0.717, 1.165) is 11.3 Å². The maximum atomic E-state index is 13.3. The summed E-state index contributed by atoms with van der Waals surface area (Å²) in [7, 11) is 0. The molecule has 0 aliphatic carbocycles. The van der Waals surface area contributed by atoms with Gasteiger partial charge in [0, 0.05) is 16.8 Å². The number of amides is 1. The van der Waals surface area contributed by atoms with Crippen LogP contribution in [0.4, 0.5) is 10.1 Å². The maximum absolute atomic E-state index is 13.3. The molecule has 26 heavy (non-hydrogen) atoms. The maximum Gasteiger partial charge on any atom is 0.231 e. The number of benzene rings is 2. The number of ketones is 1. The van der Waals surface area contributed by atoms with E-state index >= 15 is 0 Å². The predicted molar refractivity (Wildman–Crippen MR) is 91.0 cm³/mol. The summed E-state index contributed by atoms with van der Waals surface area (Å²) in [5.74, 6) is -0.730. The molecule has 0 fully saturated rings. The zero-order valence-electron chi connectivity index (χ0n) is 13.8. The first-order chi connectivity index (χ1) is 12.5. The number of hydrogen-bond donors (Lipinski definition) is 1. The van der Waals surface area contributed by atoms with Crippen LogP contribution in [0.15, 0.2) is 42.5 Å². The first-order valence-corrected chi connectivity index (χ1v) is 8.03. The number of Topliss-reactive ketones (excluding diaryl/α,β-unsaturated/α-hetero) is 1. The zero-order valence-corrected chi connectivity index (χ0v) is 13.8. The van der Waals surface area contributed by atoms with Gasteiger partial charge in [-0.3, -0.25) is 9.59 Å². The van der Waals surface area contributed by atoms with Crippen LogP contribution in [0.25, 0.3) is 11.4 Å². The highest BCUT2D eigenvalue weighted by Gasteiger charge is 2.27. The van der Waals surface area contributed by atoms with E-state index < -0.39 is 5.82 Å². The van der Waals surface area contributed by atoms with Crippen molar-refractivity contribution < 1.29 is 14.0 Å². The minimum absolute atomic E-state index is 0.0812. The van der Waals surface area contributed by atoms with Gasteiger partial charge in [0.1, 0.15) is 12.4 Å². The first kappa shape index (κ1) is 16.1. The van der Waals surface area contributed by atoms with Gasteiger partial charge in [0.2, 0.25) is 11.7 Å². The molecule has 2 aromatic carbocycles. The van der Waals surface area contributed by atoms with E-state index in [9.17, 15) is 14.0 Å². The fourth-order valence-electron chi connectivity index (χ4n) is 2.86. The van der Waals surface area contributed by atoms with Gasteiger partial charge in [-0.25, -0.2) is 4.39 Å². The van der Waals surface area contributed by atoms with Crippen LogP contribution in [-0.4, -0.2) is 31.9 Å². The lowest BCUT2D eigenvalue weighted by molar-refractivity contribution is -0.116. The Balaban J connectivity index is 1.54. The molecule has 8 heteroatoms. The molecule has 7 nitrogen and oxygen atoms in total. The predicted octanol–water partition coefficient (Wildman–Crippen LogP) is 2.42. The molecule has 0 bridgehead atoms. The Morgan fingerprint density at radius 2 is 2.12 bits per heavy atom. The Kier molecular flexibility index (Phi) is 3.80. The van der Waals surface area contributed by atoms with Gasteiger partial charge in [0.15, 0.2) is 5.78 Å². The van der Waals surface area contributed by atoms with Crippen LogP contribution in [0.1, 0.15) is 28.8 Å². The van der Waals surface area contributed by atoms with Crippen molar-refractivity contribution in [1.82, 2.24) is 20.2 Å². The molecule has 1 aliphatic rings. The third-order valence-corrected chi connectivity index (χ3v) is 4.31. The lowest BCUT2D eigenvalue weighted by atomic mass is 9.99. The van der Waals surface area contributed by atoms with Gasteiger partial charge in [-0.15, -0.1) is 10.2 Å². The molecule has 0 saturated carbocycles. The highest BCUT2D eigenvalue weighted by molar-refractivity contribution is 6.04. The topological polar surface area (TPSA) is 89.8 Å². The number of anilines is 1. The van der Waals surface area contributed by atoms with Crippen molar-refractivity contribution >= 4 is 17.4 Å². The van der Waals surface area contributed by atoms with Crippen molar-refractivity contribution in [2.24, 2.45) is 0 Å². The number of nitrogens with zero attached hydrogens (tertiary/aromatic N) is 4. The molecule has 3 aromatic rings. The molecule has 4 rings (SSSR count). The summed E-state index contributed by atoms with van der Waals surface area (Å²) in [5, 5.41) is 14.6. The van der Waals surface area contributed by atoms with Crippen molar-refractivity contribution in [2.45, 2.75) is 19.4 Å². The minimum Gasteiger partial charge on any atom is -0.325 e. The zero-order chi connectivity index (χ0) is 18.3. The number of carbonyl (C=O) groups excluding carboxylic acids is 2. The van der Waals surface area contributed by atoms with Crippen LogP contribution in [0.2, 0.25) is 0 Å². The van der Waals surface area contributed by atoms with Crippen LogP contribution < -0.4 is 5.32 Å². The first-order valence-electron chi connectivity index (χ1n) is 8.03. The summed E-state index contributed by atoms with van der Waals surface area (Å²) < 4.78 is 13.3. The van der Waals surface area contributed by atoms with E-state index in [4.69, 9.17) is 0 Å². The molecule has 0 radical (unpaired) electrons. The molecule has 2 heterocycles. The second-order valence-electron chi connectivity index (χ2n) is 6.09. The van der Waals surface area contributed by atoms with Gasteiger partial charge in [-0.2, -0.15) is 4.80 Å². The lowest BCUT2D eigenvalue weighted by Crippen LogP contribution is -2.13. The van der Waals surface area contributed by atoms with Crippen molar-refractivity contribution in [3.63, 3.8) is 0 Å². The van der Waals surface area contributed by atoms with Crippen LogP contribution in [0.5, 0.6) is 0 Å². The van der Waals surface area contributed by atoms with Crippen molar-refractivity contribution in [1.29, 1.82) is 0 Å². The second-order valence-corrected chi connectivity index (χ2v) is 6.09. The van der Waals surface area contributed by atoms with E-state index in [0.29, 0.717) is 11.1 Å². The number of halogens is 1. The number of aromatic nitrogens is 4. The standard InChI is InChI=1S/C18H14FN5O2/c1-10-14-8-11(5-6-15(14)20-18(10)26)16(25)9-24-22-17(21-23-24)12-3-2-4-13(19)7-12/h2-8,10H,9H2,1H3,(H,20,26)/t10-/m1/s1. The highest BCUT2D eigenvalue weighted by atomic mass is 19.1. The van der Waals surface area contributed by atoms with Crippen LogP contribution in [-0.2, 0) is 11.3 Å². The number of rotatable bonds is 4. The molecule has 1 atom stereocenters. The highest BCUT2D eigenvalue weighted by Crippen LogP contribution is 2.32. The Morgan fingerprint density at radius 1 is 1.27 bits per heavy atom. The van der Waals surface area contributed by atoms with E-state index in [1.807, 2.05) is 0 Å². The minimum atomic E-state index is -0.398. The number of carbonyl (C=O) groups is 2. The molecular weight excluding hydrogens is 337 g/mol. The largest absolute Gasteiger partial charge is 0.325 e. The van der Waals surface area contributed by atoms with E-state index in [-0.39, 0.29) is 30.0 Å². The third-order valence-electron chi connectivity index (χ3n) is 4.31. The summed E-state index contributed by atoms with van der Waals surface area (Å²) in [6.45, 7) is 1.69. The van der Waals surface area contributed by atoms with E-state index in [1.165, 1.54) is 16.9 Å². The Labute approximate surface area is 147 Å². The summed E-state index contributed by atoms with van der Waals surface area (Å²) in [4.78, 5) is 25.4. The number of fused-ring (bicyclic) bond motifs is 1. The number of hydrogen-bond acceptors (Lipinski definition) is 5. The lowest BCUT2D eigenvalue weighted by Gasteiger charge is -2.05. The molecule has 130 valence electrons. The molecule has 1 aliphatic heterocycles. The Morgan fingerprint density at radius 3 is 2.92 bits per heavy atom. The molecule has 0 spiro atoms. The smallest absolute Gasteiger partial charge is 0.231 e. The summed E-state index contributed by atoms with van der Waals surface area (Å²) >= 11 is 0. The summed E-state index contributed by atoms with van der Waals surface area (Å²) in [5.41, 5.74) is 2.48. The molecule has 0 saturated heterocycles. The monoisotopic (exact) mass is 351 g/mol. The van der Waals surface area contributed by atoms with E-state index in [2.05, 4.69) is 20.7 Å². The van der Waals surface area contributed by atoms with Crippen LogP contribution in [0.3, 0.4) is 0 Å². The average Bonchev–Trinajstić information content (AvgIpc) is 3.20. The average molecular weight is 351 g/mol. The Bertz CT molecular complexity index is 1030. The molecule has 1 N–H and O–H groups in total. The van der Waals surface area contributed by atoms with Crippen LogP contribution >= 0.6 is 0 Å². The van der Waals surface area contributed by atoms with Gasteiger partial charge in [0.05, 0.1) is 5.92 Å². The van der Waals surface area contributed by atoms with Crippen molar-refractivity contribution in [2.75, 3.05) is 5.32 Å². The fraction of sp³-hybridized carbons (Fsp3) is 0.167. The normalized spacial score (nSPS) is 15.6. The summed E-state index contributed by atoms with van der Waals surface area (Å²) in [6, 6.07) is 10.9. The van der Waals surface area contributed by atoms with Gasteiger partial charge in [0.25, 0.3) is 0 Å². The molecule has 1 amide bonds. The third kappa shape index (κ3) is 2.85. The quantitative estimate of drug-likeness (QED) is 0.729. The SMILES string of the molecule is C[C@H]1C(=O)Nc2ccc(C(=O)Cn3nnc(-c4cccc(F)c4)n3)cc21. The Hall–Kier alpha value is -3.42. The van der Waals surface area contributed by atoms with Gasteiger partial charge in [-0.05, 0) is 48.0 Å². The van der Waals surface area contributed by atoms with Crippen molar-refractivity contribution in [3.05, 3.63) is 59.4 Å².